The summed E-state index contributed by atoms with van der Waals surface area (Å²) in [4.78, 5) is 2.40. The molecule has 366 valence electrons. The highest BCUT2D eigenvalue weighted by molar-refractivity contribution is 6.10. The lowest BCUT2D eigenvalue weighted by atomic mass is 9.82. The third kappa shape index (κ3) is 9.40. The summed E-state index contributed by atoms with van der Waals surface area (Å²) in [7, 11) is 0. The van der Waals surface area contributed by atoms with Gasteiger partial charge < -0.3 is 18.9 Å². The number of hydrogen-bond donors (Lipinski definition) is 0. The Hall–Kier alpha value is -8.54. The summed E-state index contributed by atoms with van der Waals surface area (Å²) >= 11 is 0. The maximum atomic E-state index is 6.25. The lowest BCUT2D eigenvalue weighted by molar-refractivity contribution is 0.107. The summed E-state index contributed by atoms with van der Waals surface area (Å²) in [5, 5.41) is 2.46. The number of ether oxygens (including phenoxy) is 2. The minimum atomic E-state index is -0.216. The second-order valence-corrected chi connectivity index (χ2v) is 20.4. The van der Waals surface area contributed by atoms with E-state index in [1.165, 1.54) is 83.0 Å². The fraction of sp³-hybridized carbons (Fsp3) is 0.127. The van der Waals surface area contributed by atoms with E-state index in [4.69, 9.17) is 9.47 Å². The molecule has 0 amide bonds. The van der Waals surface area contributed by atoms with Gasteiger partial charge in [0.15, 0.2) is 0 Å². The first-order valence-electron chi connectivity index (χ1n) is 26.2. The molecule has 1 aliphatic carbocycles. The van der Waals surface area contributed by atoms with Crippen LogP contribution in [0.2, 0.25) is 0 Å². The van der Waals surface area contributed by atoms with Crippen molar-refractivity contribution in [3.8, 4) is 39.1 Å². The van der Waals surface area contributed by atoms with E-state index in [2.05, 4.69) is 267 Å². The fourth-order valence-electron chi connectivity index (χ4n) is 11.1. The van der Waals surface area contributed by atoms with E-state index in [1.54, 1.807) is 0 Å². The van der Waals surface area contributed by atoms with Gasteiger partial charge in [0, 0.05) is 38.9 Å². The summed E-state index contributed by atoms with van der Waals surface area (Å²) in [5.74, 6) is 0. The molecule has 0 N–H and O–H groups in total. The van der Waals surface area contributed by atoms with Gasteiger partial charge in [0.25, 0.3) is 0 Å². The van der Waals surface area contributed by atoms with Crippen molar-refractivity contribution in [2.24, 2.45) is 0 Å². The molecule has 1 aliphatic rings. The van der Waals surface area contributed by atoms with Crippen LogP contribution in [0, 0.1) is 0 Å². The Morgan fingerprint density at radius 2 is 0.907 bits per heavy atom. The van der Waals surface area contributed by atoms with Crippen LogP contribution >= 0.6 is 0 Å². The monoisotopic (exact) mass is 972 g/mol. The van der Waals surface area contributed by atoms with Crippen LogP contribution in [0.5, 0.6) is 0 Å². The highest BCUT2D eigenvalue weighted by Crippen LogP contribution is 2.51. The van der Waals surface area contributed by atoms with Crippen molar-refractivity contribution in [3.63, 3.8) is 0 Å². The molecule has 0 saturated heterocycles. The first-order valence-corrected chi connectivity index (χ1v) is 26.2. The van der Waals surface area contributed by atoms with Gasteiger partial charge in [-0.25, -0.2) is 0 Å². The molecular formula is C71H60N2O2. The predicted octanol–water partition coefficient (Wildman–Crippen LogP) is 18.5. The molecule has 0 bridgehead atoms. The van der Waals surface area contributed by atoms with E-state index in [1.807, 2.05) is 6.08 Å². The maximum absolute atomic E-state index is 6.25. The van der Waals surface area contributed by atoms with Crippen molar-refractivity contribution in [1.29, 1.82) is 0 Å². The highest BCUT2D eigenvalue weighted by atomic mass is 16.5. The maximum Gasteiger partial charge on any atom is 0.0721 e. The number of hydrogen-bond acceptors (Lipinski definition) is 3. The van der Waals surface area contributed by atoms with Crippen LogP contribution in [0.15, 0.2) is 237 Å². The lowest BCUT2D eigenvalue weighted by Gasteiger charge is -2.28. The van der Waals surface area contributed by atoms with Crippen molar-refractivity contribution in [2.75, 3.05) is 4.90 Å². The number of anilines is 3. The minimum Gasteiger partial charge on any atom is -0.372 e. The lowest BCUT2D eigenvalue weighted by Crippen LogP contribution is -2.17. The second-order valence-electron chi connectivity index (χ2n) is 20.4. The number of rotatable bonds is 16. The SMILES string of the molecule is C=Cc1ccc(COCc2ccc3c(c2)C(C)(C)c2cc(N(c4ccc(-c5ccccc5)cc4)c4ccc(-c5ccc6c(c5)c5ccccc5n6-c5ccc(COCc6ccc(CC)cc6)cc5)cc4)ccc2-3)cc1. The molecule has 0 unspecified atom stereocenters. The zero-order chi connectivity index (χ0) is 50.9. The molecule has 0 fully saturated rings. The first-order chi connectivity index (χ1) is 36.8. The molecule has 0 spiro atoms. The van der Waals surface area contributed by atoms with Gasteiger partial charge in [-0.3, -0.25) is 0 Å². The molecule has 0 atom stereocenters. The Morgan fingerprint density at radius 1 is 0.427 bits per heavy atom. The van der Waals surface area contributed by atoms with E-state index in [-0.39, 0.29) is 5.41 Å². The van der Waals surface area contributed by atoms with Gasteiger partial charge >= 0.3 is 0 Å². The number of nitrogens with zero attached hydrogens (tertiary/aromatic N) is 2. The van der Waals surface area contributed by atoms with E-state index in [0.29, 0.717) is 26.4 Å². The van der Waals surface area contributed by atoms with Crippen molar-refractivity contribution in [1.82, 2.24) is 4.57 Å². The largest absolute Gasteiger partial charge is 0.372 e. The number of aryl methyl sites for hydroxylation is 1. The topological polar surface area (TPSA) is 26.6 Å². The highest BCUT2D eigenvalue weighted by Gasteiger charge is 2.36. The van der Waals surface area contributed by atoms with E-state index in [0.717, 1.165) is 45.9 Å². The average molecular weight is 973 g/mol. The Kier molecular flexibility index (Phi) is 12.9. The average Bonchev–Trinajstić information content (AvgIpc) is 3.96. The number of aromatic nitrogens is 1. The summed E-state index contributed by atoms with van der Waals surface area (Å²) in [6.07, 6.45) is 2.91. The van der Waals surface area contributed by atoms with Crippen LogP contribution in [-0.2, 0) is 47.7 Å². The third-order valence-corrected chi connectivity index (χ3v) is 15.3. The molecule has 12 rings (SSSR count). The fourth-order valence-corrected chi connectivity index (χ4v) is 11.1. The van der Waals surface area contributed by atoms with Gasteiger partial charge in [0.2, 0.25) is 0 Å². The molecule has 4 nitrogen and oxygen atoms in total. The Bertz CT molecular complexity index is 3810. The van der Waals surface area contributed by atoms with Crippen LogP contribution in [-0.4, -0.2) is 4.57 Å². The van der Waals surface area contributed by atoms with Gasteiger partial charge in [-0.1, -0.05) is 197 Å². The van der Waals surface area contributed by atoms with Crippen LogP contribution in [0.4, 0.5) is 17.1 Å². The Labute approximate surface area is 441 Å². The summed E-state index contributed by atoms with van der Waals surface area (Å²) in [6, 6.07) is 84.1. The van der Waals surface area contributed by atoms with Crippen molar-refractivity contribution in [2.45, 2.75) is 59.0 Å². The van der Waals surface area contributed by atoms with E-state index >= 15 is 0 Å². The molecule has 1 aromatic heterocycles. The number of fused-ring (bicyclic) bond motifs is 6. The first kappa shape index (κ1) is 47.5. The van der Waals surface area contributed by atoms with Gasteiger partial charge in [-0.2, -0.15) is 0 Å². The van der Waals surface area contributed by atoms with Crippen LogP contribution in [0.3, 0.4) is 0 Å². The number of benzene rings is 10. The van der Waals surface area contributed by atoms with Gasteiger partial charge in [0.1, 0.15) is 0 Å². The van der Waals surface area contributed by atoms with Crippen molar-refractivity contribution >= 4 is 44.9 Å². The van der Waals surface area contributed by atoms with Crippen LogP contribution in [0.25, 0.3) is 66.9 Å². The molecule has 0 aliphatic heterocycles. The Morgan fingerprint density at radius 3 is 1.55 bits per heavy atom. The quantitative estimate of drug-likeness (QED) is 0.0965. The van der Waals surface area contributed by atoms with E-state index in [9.17, 15) is 0 Å². The smallest absolute Gasteiger partial charge is 0.0721 e. The van der Waals surface area contributed by atoms with Gasteiger partial charge in [0.05, 0.1) is 37.5 Å². The molecule has 4 heteroatoms. The molecule has 75 heavy (non-hydrogen) atoms. The summed E-state index contributed by atoms with van der Waals surface area (Å²) in [5.41, 5.74) is 23.7. The van der Waals surface area contributed by atoms with Gasteiger partial charge in [-0.15, -0.1) is 0 Å². The molecular weight excluding hydrogens is 913 g/mol. The normalized spacial score (nSPS) is 12.5. The molecule has 11 aromatic rings. The van der Waals surface area contributed by atoms with Gasteiger partial charge in [-0.05, 0) is 151 Å². The zero-order valence-corrected chi connectivity index (χ0v) is 43.0. The molecule has 1 heterocycles. The summed E-state index contributed by atoms with van der Waals surface area (Å²) in [6.45, 7) is 13.1. The number of para-hydroxylation sites is 1. The van der Waals surface area contributed by atoms with Crippen LogP contribution < -0.4 is 4.90 Å². The van der Waals surface area contributed by atoms with Crippen molar-refractivity contribution in [3.05, 3.63) is 282 Å². The zero-order valence-electron chi connectivity index (χ0n) is 43.0. The molecule has 0 saturated carbocycles. The van der Waals surface area contributed by atoms with E-state index < -0.39 is 0 Å². The molecule has 10 aromatic carbocycles. The second kappa shape index (κ2) is 20.4. The third-order valence-electron chi connectivity index (χ3n) is 15.3. The Balaban J connectivity index is 0.829. The van der Waals surface area contributed by atoms with Crippen molar-refractivity contribution < 1.29 is 9.47 Å². The minimum absolute atomic E-state index is 0.216. The molecule has 0 radical (unpaired) electrons. The standard InChI is InChI=1S/C71H60N2O2/c1-5-49-16-20-51(21-17-49)45-74-47-53-24-32-61(33-25-53)73-69-15-11-10-14-65(69)66-43-58(31-41-70(66)73)57-29-36-60(37-30-57)72(59-34-27-56(28-35-59)55-12-8-7-9-13-55)62-38-40-64-63-39-26-54(42-67(63)71(3,4)68(64)44-62)48-75-46-52-22-18-50(6-2)19-23-52/h6-44H,2,5,45-48H2,1,3-4H3. The predicted molar refractivity (Wildman–Crippen MR) is 313 cm³/mol. The summed E-state index contributed by atoms with van der Waals surface area (Å²) < 4.78 is 14.8. The van der Waals surface area contributed by atoms with Crippen LogP contribution in [0.1, 0.15) is 65.3 Å².